The minimum absolute atomic E-state index is 0.167. The van der Waals surface area contributed by atoms with Gasteiger partial charge in [0.1, 0.15) is 5.78 Å². The summed E-state index contributed by atoms with van der Waals surface area (Å²) in [5, 5.41) is 0. The molecule has 1 rings (SSSR count). The van der Waals surface area contributed by atoms with Gasteiger partial charge in [0.25, 0.3) is 0 Å². The Hall–Kier alpha value is -0.370. The van der Waals surface area contributed by atoms with Crippen LogP contribution in [0.2, 0.25) is 0 Å². The second-order valence-corrected chi connectivity index (χ2v) is 2.73. The van der Waals surface area contributed by atoms with Gasteiger partial charge in [-0.15, -0.1) is 0 Å². The summed E-state index contributed by atoms with van der Waals surface area (Å²) in [7, 11) is 0. The van der Waals surface area contributed by atoms with Crippen molar-refractivity contribution in [2.45, 2.75) is 39.7 Å². The lowest BCUT2D eigenvalue weighted by Crippen LogP contribution is -1.94. The smallest absolute Gasteiger partial charge is 0.126 e. The maximum atomic E-state index is 9.44. The molecule has 2 heteroatoms. The lowest BCUT2D eigenvalue weighted by Gasteiger charge is -1.94. The van der Waals surface area contributed by atoms with E-state index in [9.17, 15) is 4.79 Å². The van der Waals surface area contributed by atoms with Crippen LogP contribution in [-0.4, -0.2) is 18.5 Å². The van der Waals surface area contributed by atoms with Gasteiger partial charge in [-0.25, -0.2) is 0 Å². The molecule has 0 bridgehead atoms. The van der Waals surface area contributed by atoms with Crippen molar-refractivity contribution in [3.05, 3.63) is 0 Å². The zero-order valence-corrected chi connectivity index (χ0v) is 7.02. The topological polar surface area (TPSA) is 26.3 Å². The second kappa shape index (κ2) is 5.42. The zero-order chi connectivity index (χ0) is 7.98. The number of ketones is 1. The van der Waals surface area contributed by atoms with E-state index in [2.05, 4.69) is 6.92 Å². The van der Waals surface area contributed by atoms with E-state index in [4.69, 9.17) is 4.74 Å². The van der Waals surface area contributed by atoms with E-state index in [0.29, 0.717) is 6.10 Å². The molecule has 0 saturated carbocycles. The molecule has 60 valence electrons. The van der Waals surface area contributed by atoms with Crippen molar-refractivity contribution in [2.24, 2.45) is 0 Å². The fourth-order valence-corrected chi connectivity index (χ4v) is 0.739. The third-order valence-electron chi connectivity index (χ3n) is 1.16. The first kappa shape index (κ1) is 9.63. The monoisotopic (exact) mass is 144 g/mol. The van der Waals surface area contributed by atoms with Gasteiger partial charge in [-0.05, 0) is 33.6 Å². The first-order chi connectivity index (χ1) is 4.63. The SMILES string of the molecule is CC(C)=O.CC1CCCO1. The Balaban J connectivity index is 0.000000180. The molecule has 0 spiro atoms. The molecule has 1 aliphatic heterocycles. The van der Waals surface area contributed by atoms with E-state index in [1.807, 2.05) is 0 Å². The fraction of sp³-hybridized carbons (Fsp3) is 0.875. The van der Waals surface area contributed by atoms with Gasteiger partial charge in [-0.1, -0.05) is 0 Å². The van der Waals surface area contributed by atoms with E-state index in [1.54, 1.807) is 0 Å². The van der Waals surface area contributed by atoms with Crippen molar-refractivity contribution in [2.75, 3.05) is 6.61 Å². The Kier molecular flexibility index (Phi) is 5.22. The van der Waals surface area contributed by atoms with Crippen LogP contribution in [-0.2, 0) is 9.53 Å². The molecule has 1 saturated heterocycles. The maximum Gasteiger partial charge on any atom is 0.126 e. The van der Waals surface area contributed by atoms with Crippen LogP contribution < -0.4 is 0 Å². The number of carbonyl (C=O) groups is 1. The molecule has 0 aliphatic carbocycles. The summed E-state index contributed by atoms with van der Waals surface area (Å²) >= 11 is 0. The molecule has 1 atom stereocenters. The van der Waals surface area contributed by atoms with Crippen LogP contribution in [0.25, 0.3) is 0 Å². The van der Waals surface area contributed by atoms with Gasteiger partial charge >= 0.3 is 0 Å². The molecule has 0 aromatic heterocycles. The van der Waals surface area contributed by atoms with E-state index >= 15 is 0 Å². The van der Waals surface area contributed by atoms with Crippen molar-refractivity contribution in [1.29, 1.82) is 0 Å². The highest BCUT2D eigenvalue weighted by atomic mass is 16.5. The van der Waals surface area contributed by atoms with Crippen LogP contribution in [0.3, 0.4) is 0 Å². The highest BCUT2D eigenvalue weighted by Crippen LogP contribution is 2.09. The molecule has 2 nitrogen and oxygen atoms in total. The predicted molar refractivity (Wildman–Crippen MR) is 41.0 cm³/mol. The summed E-state index contributed by atoms with van der Waals surface area (Å²) in [4.78, 5) is 9.44. The Morgan fingerprint density at radius 1 is 1.50 bits per heavy atom. The first-order valence-corrected chi connectivity index (χ1v) is 3.71. The number of ether oxygens (including phenoxy) is 1. The van der Waals surface area contributed by atoms with E-state index in [-0.39, 0.29) is 5.78 Å². The normalized spacial score (nSPS) is 23.3. The predicted octanol–water partition coefficient (Wildman–Crippen LogP) is 1.78. The average molecular weight is 144 g/mol. The van der Waals surface area contributed by atoms with E-state index < -0.39 is 0 Å². The summed E-state index contributed by atoms with van der Waals surface area (Å²) < 4.78 is 5.15. The van der Waals surface area contributed by atoms with Crippen molar-refractivity contribution in [3.8, 4) is 0 Å². The van der Waals surface area contributed by atoms with Crippen LogP contribution in [0.5, 0.6) is 0 Å². The van der Waals surface area contributed by atoms with E-state index in [1.165, 1.54) is 26.7 Å². The van der Waals surface area contributed by atoms with Crippen molar-refractivity contribution >= 4 is 5.78 Å². The Morgan fingerprint density at radius 3 is 2.10 bits per heavy atom. The molecule has 0 aromatic rings. The van der Waals surface area contributed by atoms with Crippen LogP contribution in [0, 0.1) is 0 Å². The van der Waals surface area contributed by atoms with Crippen LogP contribution in [0.4, 0.5) is 0 Å². The minimum Gasteiger partial charge on any atom is -0.379 e. The lowest BCUT2D eigenvalue weighted by molar-refractivity contribution is -0.114. The summed E-state index contributed by atoms with van der Waals surface area (Å²) in [5.74, 6) is 0.167. The number of hydrogen-bond acceptors (Lipinski definition) is 2. The quantitative estimate of drug-likeness (QED) is 0.518. The molecular formula is C8H16O2. The number of carbonyl (C=O) groups excluding carboxylic acids is 1. The molecule has 1 unspecified atom stereocenters. The Labute approximate surface area is 62.6 Å². The minimum atomic E-state index is 0.167. The lowest BCUT2D eigenvalue weighted by atomic mass is 10.3. The van der Waals surface area contributed by atoms with Gasteiger partial charge in [0, 0.05) is 6.61 Å². The van der Waals surface area contributed by atoms with Crippen molar-refractivity contribution in [1.82, 2.24) is 0 Å². The van der Waals surface area contributed by atoms with Crippen LogP contribution >= 0.6 is 0 Å². The van der Waals surface area contributed by atoms with Gasteiger partial charge in [-0.2, -0.15) is 0 Å². The highest BCUT2D eigenvalue weighted by molar-refractivity contribution is 5.72. The molecule has 0 amide bonds. The molecule has 0 aromatic carbocycles. The molecule has 1 heterocycles. The summed E-state index contributed by atoms with van der Waals surface area (Å²) in [5.41, 5.74) is 0. The number of hydrogen-bond donors (Lipinski definition) is 0. The second-order valence-electron chi connectivity index (χ2n) is 2.73. The Bertz CT molecular complexity index is 89.4. The zero-order valence-electron chi connectivity index (χ0n) is 7.02. The molecule has 10 heavy (non-hydrogen) atoms. The molecule has 1 fully saturated rings. The van der Waals surface area contributed by atoms with Crippen molar-refractivity contribution in [3.63, 3.8) is 0 Å². The maximum absolute atomic E-state index is 9.44. The van der Waals surface area contributed by atoms with E-state index in [0.717, 1.165) is 6.61 Å². The van der Waals surface area contributed by atoms with Gasteiger partial charge in [0.05, 0.1) is 6.10 Å². The number of Topliss-reactive ketones (excluding diaryl/α,β-unsaturated/α-hetero) is 1. The summed E-state index contributed by atoms with van der Waals surface area (Å²) in [6, 6.07) is 0. The first-order valence-electron chi connectivity index (χ1n) is 3.71. The Morgan fingerprint density at radius 2 is 2.00 bits per heavy atom. The summed E-state index contributed by atoms with van der Waals surface area (Å²) in [6.07, 6.45) is 3.08. The van der Waals surface area contributed by atoms with Gasteiger partial charge in [0.2, 0.25) is 0 Å². The molecule has 0 N–H and O–H groups in total. The third-order valence-corrected chi connectivity index (χ3v) is 1.16. The van der Waals surface area contributed by atoms with Gasteiger partial charge in [-0.3, -0.25) is 0 Å². The molecular weight excluding hydrogens is 128 g/mol. The van der Waals surface area contributed by atoms with Gasteiger partial charge in [0.15, 0.2) is 0 Å². The highest BCUT2D eigenvalue weighted by Gasteiger charge is 2.07. The van der Waals surface area contributed by atoms with Gasteiger partial charge < -0.3 is 9.53 Å². The number of rotatable bonds is 0. The molecule has 1 aliphatic rings. The average Bonchev–Trinajstić information content (AvgIpc) is 2.15. The third kappa shape index (κ3) is 7.63. The van der Waals surface area contributed by atoms with Crippen LogP contribution in [0.15, 0.2) is 0 Å². The standard InChI is InChI=1S/C5H10O.C3H6O/c1-5-3-2-4-6-5;1-3(2)4/h5H,2-4H2,1H3;1-2H3. The van der Waals surface area contributed by atoms with Crippen molar-refractivity contribution < 1.29 is 9.53 Å². The largest absolute Gasteiger partial charge is 0.379 e. The molecule has 0 radical (unpaired) electrons. The van der Waals surface area contributed by atoms with Crippen LogP contribution in [0.1, 0.15) is 33.6 Å². The fourth-order valence-electron chi connectivity index (χ4n) is 0.739. The summed E-state index contributed by atoms with van der Waals surface area (Å²) in [6.45, 7) is 6.16.